The van der Waals surface area contributed by atoms with Crippen LogP contribution in [0.15, 0.2) is 40.9 Å². The molecule has 0 N–H and O–H groups in total. The molecule has 0 spiro atoms. The van der Waals surface area contributed by atoms with E-state index in [2.05, 4.69) is 32.6 Å². The lowest BCUT2D eigenvalue weighted by molar-refractivity contribution is 0.788. The van der Waals surface area contributed by atoms with Crippen molar-refractivity contribution >= 4 is 34.4 Å². The van der Waals surface area contributed by atoms with Crippen molar-refractivity contribution in [2.24, 2.45) is 7.05 Å². The molecule has 2 aromatic heterocycles. The monoisotopic (exact) mass is 317 g/mol. The molecule has 2 heterocycles. The molecule has 0 bridgehead atoms. The predicted molar refractivity (Wildman–Crippen MR) is 64.3 cm³/mol. The Morgan fingerprint density at radius 3 is 2.86 bits per heavy atom. The third-order valence-electron chi connectivity index (χ3n) is 1.69. The van der Waals surface area contributed by atoms with E-state index in [1.807, 2.05) is 29.9 Å². The van der Waals surface area contributed by atoms with Gasteiger partial charge in [0.15, 0.2) is 5.16 Å². The molecule has 0 saturated carbocycles. The lowest BCUT2D eigenvalue weighted by Crippen LogP contribution is -1.90. The van der Waals surface area contributed by atoms with Crippen LogP contribution in [0.3, 0.4) is 0 Å². The summed E-state index contributed by atoms with van der Waals surface area (Å²) in [6.45, 7) is 0. The van der Waals surface area contributed by atoms with Crippen LogP contribution >= 0.6 is 34.4 Å². The highest BCUT2D eigenvalue weighted by Gasteiger charge is 2.06. The molecule has 0 amide bonds. The number of hydrogen-bond acceptors (Lipinski definition) is 3. The van der Waals surface area contributed by atoms with Crippen molar-refractivity contribution in [2.75, 3.05) is 0 Å². The van der Waals surface area contributed by atoms with Crippen molar-refractivity contribution in [3.63, 3.8) is 0 Å². The summed E-state index contributed by atoms with van der Waals surface area (Å²) in [5, 5.41) is 1.96. The zero-order chi connectivity index (χ0) is 9.97. The van der Waals surface area contributed by atoms with Gasteiger partial charge in [0.05, 0.1) is 0 Å². The first kappa shape index (κ1) is 9.97. The van der Waals surface area contributed by atoms with Crippen molar-refractivity contribution in [3.05, 3.63) is 34.3 Å². The summed E-state index contributed by atoms with van der Waals surface area (Å²) in [4.78, 5) is 8.53. The number of halogens is 1. The van der Waals surface area contributed by atoms with Crippen molar-refractivity contribution < 1.29 is 0 Å². The van der Waals surface area contributed by atoms with Crippen molar-refractivity contribution in [1.29, 1.82) is 0 Å². The average molecular weight is 317 g/mol. The van der Waals surface area contributed by atoms with Gasteiger partial charge in [-0.1, -0.05) is 0 Å². The van der Waals surface area contributed by atoms with Crippen molar-refractivity contribution in [3.8, 4) is 0 Å². The van der Waals surface area contributed by atoms with Crippen LogP contribution in [0.25, 0.3) is 0 Å². The first-order chi connectivity index (χ1) is 6.77. The van der Waals surface area contributed by atoms with Gasteiger partial charge in [0.25, 0.3) is 0 Å². The van der Waals surface area contributed by atoms with Gasteiger partial charge < -0.3 is 4.57 Å². The molecule has 14 heavy (non-hydrogen) atoms. The molecule has 0 aliphatic heterocycles. The van der Waals surface area contributed by atoms with Crippen LogP contribution < -0.4 is 0 Å². The smallest absolute Gasteiger partial charge is 0.174 e. The first-order valence-electron chi connectivity index (χ1n) is 4.03. The number of imidazole rings is 1. The van der Waals surface area contributed by atoms with E-state index in [4.69, 9.17) is 0 Å². The minimum Gasteiger partial charge on any atom is -0.329 e. The number of aryl methyl sites for hydroxylation is 1. The fourth-order valence-electron chi connectivity index (χ4n) is 0.983. The third kappa shape index (κ3) is 2.09. The van der Waals surface area contributed by atoms with E-state index in [-0.39, 0.29) is 0 Å². The van der Waals surface area contributed by atoms with Crippen LogP contribution in [0.4, 0.5) is 0 Å². The highest BCUT2D eigenvalue weighted by molar-refractivity contribution is 14.1. The van der Waals surface area contributed by atoms with Gasteiger partial charge in [-0.05, 0) is 46.5 Å². The molecule has 72 valence electrons. The molecule has 0 atom stereocenters. The van der Waals surface area contributed by atoms with Crippen molar-refractivity contribution in [2.45, 2.75) is 10.2 Å². The van der Waals surface area contributed by atoms with Gasteiger partial charge in [0.2, 0.25) is 0 Å². The Kier molecular flexibility index (Phi) is 3.07. The van der Waals surface area contributed by atoms with Gasteiger partial charge in [0.1, 0.15) is 5.03 Å². The van der Waals surface area contributed by atoms with Crippen LogP contribution in [0.2, 0.25) is 0 Å². The summed E-state index contributed by atoms with van der Waals surface area (Å²) < 4.78 is 3.13. The van der Waals surface area contributed by atoms with E-state index in [0.29, 0.717) is 0 Å². The van der Waals surface area contributed by atoms with Crippen molar-refractivity contribution in [1.82, 2.24) is 14.5 Å². The number of nitrogens with zero attached hydrogens (tertiary/aromatic N) is 3. The van der Waals surface area contributed by atoms with Crippen LogP contribution in [0, 0.1) is 3.57 Å². The van der Waals surface area contributed by atoms with Gasteiger partial charge in [-0.2, -0.15) is 0 Å². The largest absolute Gasteiger partial charge is 0.329 e. The predicted octanol–water partition coefficient (Wildman–Crippen LogP) is 2.57. The molecule has 0 aromatic carbocycles. The second kappa shape index (κ2) is 4.31. The van der Waals surface area contributed by atoms with Crippen LogP contribution in [-0.4, -0.2) is 14.5 Å². The quantitative estimate of drug-likeness (QED) is 0.798. The molecule has 0 unspecified atom stereocenters. The SMILES string of the molecule is Cn1ccnc1Sc1ncccc1I. The number of aromatic nitrogens is 3. The Balaban J connectivity index is 2.28. The molecular weight excluding hydrogens is 309 g/mol. The maximum absolute atomic E-state index is 4.30. The van der Waals surface area contributed by atoms with E-state index in [9.17, 15) is 0 Å². The topological polar surface area (TPSA) is 30.7 Å². The highest BCUT2D eigenvalue weighted by atomic mass is 127. The molecule has 2 aromatic rings. The second-order valence-electron chi connectivity index (χ2n) is 2.71. The molecular formula is C9H8IN3S. The number of hydrogen-bond donors (Lipinski definition) is 0. The minimum atomic E-state index is 0.960. The highest BCUT2D eigenvalue weighted by Crippen LogP contribution is 2.27. The van der Waals surface area contributed by atoms with Crippen LogP contribution in [0.5, 0.6) is 0 Å². The summed E-state index contributed by atoms with van der Waals surface area (Å²) >= 11 is 3.86. The summed E-state index contributed by atoms with van der Waals surface area (Å²) in [6, 6.07) is 3.98. The van der Waals surface area contributed by atoms with Gasteiger partial charge >= 0.3 is 0 Å². The Bertz CT molecular complexity index is 441. The Morgan fingerprint density at radius 1 is 1.36 bits per heavy atom. The normalized spacial score (nSPS) is 10.4. The van der Waals surface area contributed by atoms with E-state index >= 15 is 0 Å². The summed E-state index contributed by atoms with van der Waals surface area (Å²) in [5.41, 5.74) is 0. The zero-order valence-electron chi connectivity index (χ0n) is 7.51. The summed E-state index contributed by atoms with van der Waals surface area (Å²) in [7, 11) is 1.98. The minimum absolute atomic E-state index is 0.960. The van der Waals surface area contributed by atoms with E-state index in [1.54, 1.807) is 24.2 Å². The lowest BCUT2D eigenvalue weighted by Gasteiger charge is -2.01. The molecule has 3 nitrogen and oxygen atoms in total. The van der Waals surface area contributed by atoms with Gasteiger partial charge in [-0.3, -0.25) is 0 Å². The maximum atomic E-state index is 4.30. The fourth-order valence-corrected chi connectivity index (χ4v) is 2.43. The van der Waals surface area contributed by atoms with Crippen LogP contribution in [-0.2, 0) is 7.05 Å². The van der Waals surface area contributed by atoms with Gasteiger partial charge in [-0.25, -0.2) is 9.97 Å². The van der Waals surface area contributed by atoms with E-state index in [0.717, 1.165) is 13.8 Å². The lowest BCUT2D eigenvalue weighted by atomic mass is 10.5. The Labute approximate surface area is 100 Å². The van der Waals surface area contributed by atoms with E-state index in [1.165, 1.54) is 0 Å². The third-order valence-corrected chi connectivity index (χ3v) is 4.02. The molecule has 0 aliphatic rings. The second-order valence-corrected chi connectivity index (χ2v) is 4.83. The molecule has 5 heteroatoms. The van der Waals surface area contributed by atoms with Gasteiger partial charge in [-0.15, -0.1) is 0 Å². The standard InChI is InChI=1S/C9H8IN3S/c1-13-6-5-12-9(13)14-8-7(10)3-2-4-11-8/h2-6H,1H3. The Morgan fingerprint density at radius 2 is 2.21 bits per heavy atom. The number of pyridine rings is 1. The maximum Gasteiger partial charge on any atom is 0.174 e. The summed E-state index contributed by atoms with van der Waals surface area (Å²) in [6.07, 6.45) is 5.52. The zero-order valence-corrected chi connectivity index (χ0v) is 10.5. The molecule has 0 saturated heterocycles. The molecule has 0 fully saturated rings. The average Bonchev–Trinajstić information content (AvgIpc) is 2.56. The van der Waals surface area contributed by atoms with E-state index < -0.39 is 0 Å². The van der Waals surface area contributed by atoms with Gasteiger partial charge in [0, 0.05) is 29.2 Å². The molecule has 2 rings (SSSR count). The molecule has 0 aliphatic carbocycles. The first-order valence-corrected chi connectivity index (χ1v) is 5.92. The number of rotatable bonds is 2. The molecule has 0 radical (unpaired) electrons. The fraction of sp³-hybridized carbons (Fsp3) is 0.111. The summed E-state index contributed by atoms with van der Waals surface area (Å²) in [5.74, 6) is 0. The Hall–Kier alpha value is -0.560. The van der Waals surface area contributed by atoms with Crippen LogP contribution in [0.1, 0.15) is 0 Å².